The van der Waals surface area contributed by atoms with E-state index in [1.807, 2.05) is 43.0 Å². The van der Waals surface area contributed by atoms with Crippen LogP contribution in [0.2, 0.25) is 0 Å². The lowest BCUT2D eigenvalue weighted by atomic mass is 10.1. The second-order valence-electron chi connectivity index (χ2n) is 6.97. The van der Waals surface area contributed by atoms with Crippen molar-refractivity contribution in [1.29, 1.82) is 0 Å². The second-order valence-corrected chi connectivity index (χ2v) is 6.97. The third kappa shape index (κ3) is 6.74. The van der Waals surface area contributed by atoms with Crippen molar-refractivity contribution in [2.75, 3.05) is 19.6 Å². The van der Waals surface area contributed by atoms with Gasteiger partial charge in [0.05, 0.1) is 6.54 Å². The third-order valence-electron chi connectivity index (χ3n) is 4.11. The van der Waals surface area contributed by atoms with Crippen LogP contribution in [0.15, 0.2) is 24.3 Å². The summed E-state index contributed by atoms with van der Waals surface area (Å²) in [5, 5.41) is 8.02. The Labute approximate surface area is 154 Å². The van der Waals surface area contributed by atoms with E-state index < -0.39 is 0 Å². The largest absolute Gasteiger partial charge is 0.354 e. The first-order valence-electron chi connectivity index (χ1n) is 9.08. The molecule has 1 aromatic carbocycles. The van der Waals surface area contributed by atoms with Crippen LogP contribution in [0.5, 0.6) is 0 Å². The Morgan fingerprint density at radius 3 is 2.62 bits per heavy atom. The molecule has 1 heterocycles. The molecule has 1 aliphatic rings. The summed E-state index contributed by atoms with van der Waals surface area (Å²) in [6.45, 7) is 6.34. The molecule has 1 fully saturated rings. The van der Waals surface area contributed by atoms with E-state index in [0.29, 0.717) is 32.0 Å². The molecule has 7 nitrogen and oxygen atoms in total. The highest BCUT2D eigenvalue weighted by Gasteiger charge is 2.19. The fraction of sp³-hybridized carbons (Fsp3) is 0.526. The van der Waals surface area contributed by atoms with Gasteiger partial charge in [0.15, 0.2) is 0 Å². The standard InChI is InChI=1S/C19H28N4O3/c1-14(2)10-20-17(24)12-22-19(26)21-11-15-5-3-6-16(9-15)13-23-8-4-7-18(23)25/h3,5-6,9,14H,4,7-8,10-13H2,1-2H3,(H,20,24)(H2,21,22,26). The van der Waals surface area contributed by atoms with Gasteiger partial charge in [0.2, 0.25) is 11.8 Å². The number of amides is 4. The zero-order valence-corrected chi connectivity index (χ0v) is 15.5. The molecule has 0 unspecified atom stereocenters. The topological polar surface area (TPSA) is 90.5 Å². The first kappa shape index (κ1) is 19.8. The van der Waals surface area contributed by atoms with Crippen LogP contribution in [0.1, 0.15) is 37.8 Å². The maximum Gasteiger partial charge on any atom is 0.315 e. The minimum Gasteiger partial charge on any atom is -0.354 e. The molecule has 0 atom stereocenters. The van der Waals surface area contributed by atoms with Crippen LogP contribution >= 0.6 is 0 Å². The first-order chi connectivity index (χ1) is 12.4. The lowest BCUT2D eigenvalue weighted by Gasteiger charge is -2.16. The lowest BCUT2D eigenvalue weighted by Crippen LogP contribution is -2.42. The highest BCUT2D eigenvalue weighted by atomic mass is 16.2. The van der Waals surface area contributed by atoms with Gasteiger partial charge in [0, 0.05) is 32.6 Å². The predicted octanol–water partition coefficient (Wildman–Crippen LogP) is 1.38. The molecule has 142 valence electrons. The van der Waals surface area contributed by atoms with Gasteiger partial charge in [-0.1, -0.05) is 38.1 Å². The van der Waals surface area contributed by atoms with E-state index in [0.717, 1.165) is 24.1 Å². The van der Waals surface area contributed by atoms with Crippen LogP contribution in [0.3, 0.4) is 0 Å². The van der Waals surface area contributed by atoms with Crippen LogP contribution in [0.25, 0.3) is 0 Å². The molecule has 1 aliphatic heterocycles. The van der Waals surface area contributed by atoms with Gasteiger partial charge in [-0.25, -0.2) is 4.79 Å². The van der Waals surface area contributed by atoms with Gasteiger partial charge in [-0.15, -0.1) is 0 Å². The number of hydrogen-bond acceptors (Lipinski definition) is 3. The minimum absolute atomic E-state index is 0.0460. The van der Waals surface area contributed by atoms with Gasteiger partial charge in [-0.2, -0.15) is 0 Å². The molecule has 0 saturated carbocycles. The predicted molar refractivity (Wildman–Crippen MR) is 99.2 cm³/mol. The van der Waals surface area contributed by atoms with Crippen molar-refractivity contribution in [3.05, 3.63) is 35.4 Å². The molecule has 26 heavy (non-hydrogen) atoms. The molecule has 0 aliphatic carbocycles. The van der Waals surface area contributed by atoms with Gasteiger partial charge >= 0.3 is 6.03 Å². The zero-order chi connectivity index (χ0) is 18.9. The SMILES string of the molecule is CC(C)CNC(=O)CNC(=O)NCc1cccc(CN2CCCC2=O)c1. The molecular weight excluding hydrogens is 332 g/mol. The van der Waals surface area contributed by atoms with Crippen LogP contribution < -0.4 is 16.0 Å². The summed E-state index contributed by atoms with van der Waals surface area (Å²) >= 11 is 0. The van der Waals surface area contributed by atoms with E-state index in [1.54, 1.807) is 0 Å². The summed E-state index contributed by atoms with van der Waals surface area (Å²) in [4.78, 5) is 37.0. The average Bonchev–Trinajstić information content (AvgIpc) is 3.01. The zero-order valence-electron chi connectivity index (χ0n) is 15.5. The van der Waals surface area contributed by atoms with Crippen molar-refractivity contribution >= 4 is 17.8 Å². The smallest absolute Gasteiger partial charge is 0.315 e. The highest BCUT2D eigenvalue weighted by Crippen LogP contribution is 2.15. The molecule has 0 aromatic heterocycles. The minimum atomic E-state index is -0.384. The van der Waals surface area contributed by atoms with Gasteiger partial charge in [-0.05, 0) is 23.5 Å². The number of hydrogen-bond donors (Lipinski definition) is 3. The summed E-state index contributed by atoms with van der Waals surface area (Å²) in [6, 6.07) is 7.43. The number of nitrogens with one attached hydrogen (secondary N) is 3. The quantitative estimate of drug-likeness (QED) is 0.654. The third-order valence-corrected chi connectivity index (χ3v) is 4.11. The van der Waals surface area contributed by atoms with Gasteiger partial charge in [-0.3, -0.25) is 9.59 Å². The number of carbonyl (C=O) groups excluding carboxylic acids is 3. The molecule has 0 radical (unpaired) electrons. The first-order valence-corrected chi connectivity index (χ1v) is 9.08. The summed E-state index contributed by atoms with van der Waals surface area (Å²) in [5.41, 5.74) is 2.00. The summed E-state index contributed by atoms with van der Waals surface area (Å²) in [6.07, 6.45) is 1.55. The Hall–Kier alpha value is -2.57. The van der Waals surface area contributed by atoms with Gasteiger partial charge < -0.3 is 20.9 Å². The van der Waals surface area contributed by atoms with Crippen molar-refractivity contribution < 1.29 is 14.4 Å². The number of nitrogens with zero attached hydrogens (tertiary/aromatic N) is 1. The summed E-state index contributed by atoms with van der Waals surface area (Å²) in [7, 11) is 0. The van der Waals surface area contributed by atoms with Crippen LogP contribution in [0, 0.1) is 5.92 Å². The van der Waals surface area contributed by atoms with Crippen molar-refractivity contribution in [1.82, 2.24) is 20.9 Å². The van der Waals surface area contributed by atoms with Crippen molar-refractivity contribution in [2.45, 2.75) is 39.8 Å². The van der Waals surface area contributed by atoms with Crippen molar-refractivity contribution in [3.63, 3.8) is 0 Å². The Bertz CT molecular complexity index is 645. The molecule has 1 saturated heterocycles. The number of urea groups is 1. The number of rotatable bonds is 8. The number of carbonyl (C=O) groups is 3. The molecule has 1 aromatic rings. The number of benzene rings is 1. The molecule has 3 N–H and O–H groups in total. The summed E-state index contributed by atoms with van der Waals surface area (Å²) < 4.78 is 0. The van der Waals surface area contributed by atoms with Crippen molar-refractivity contribution in [2.24, 2.45) is 5.92 Å². The lowest BCUT2D eigenvalue weighted by molar-refractivity contribution is -0.128. The van der Waals surface area contributed by atoms with Gasteiger partial charge in [0.25, 0.3) is 0 Å². The molecule has 7 heteroatoms. The van der Waals surface area contributed by atoms with E-state index in [9.17, 15) is 14.4 Å². The average molecular weight is 360 g/mol. The van der Waals surface area contributed by atoms with E-state index in [2.05, 4.69) is 16.0 Å². The normalized spacial score (nSPS) is 13.8. The fourth-order valence-corrected chi connectivity index (χ4v) is 2.72. The Morgan fingerprint density at radius 2 is 1.92 bits per heavy atom. The van der Waals surface area contributed by atoms with Gasteiger partial charge in [0.1, 0.15) is 0 Å². The van der Waals surface area contributed by atoms with Crippen LogP contribution in [0.4, 0.5) is 4.79 Å². The van der Waals surface area contributed by atoms with E-state index in [4.69, 9.17) is 0 Å². The van der Waals surface area contributed by atoms with E-state index in [-0.39, 0.29) is 24.4 Å². The Morgan fingerprint density at radius 1 is 1.15 bits per heavy atom. The maximum atomic E-state index is 11.8. The molecule has 2 rings (SSSR count). The van der Waals surface area contributed by atoms with Crippen LogP contribution in [-0.2, 0) is 22.7 Å². The van der Waals surface area contributed by atoms with Crippen molar-refractivity contribution in [3.8, 4) is 0 Å². The monoisotopic (exact) mass is 360 g/mol. The Balaban J connectivity index is 1.73. The molecular formula is C19H28N4O3. The summed E-state index contributed by atoms with van der Waals surface area (Å²) in [5.74, 6) is 0.366. The maximum absolute atomic E-state index is 11.8. The molecule has 0 bridgehead atoms. The van der Waals surface area contributed by atoms with E-state index in [1.165, 1.54) is 0 Å². The fourth-order valence-electron chi connectivity index (χ4n) is 2.72. The van der Waals surface area contributed by atoms with Crippen LogP contribution in [-0.4, -0.2) is 42.4 Å². The number of likely N-dealkylation sites (tertiary alicyclic amines) is 1. The molecule has 0 spiro atoms. The van der Waals surface area contributed by atoms with E-state index >= 15 is 0 Å². The highest BCUT2D eigenvalue weighted by molar-refractivity contribution is 5.83. The molecule has 4 amide bonds. The Kier molecular flexibility index (Phi) is 7.44. The second kappa shape index (κ2) is 9.79.